The lowest BCUT2D eigenvalue weighted by atomic mass is 10.1. The third-order valence-corrected chi connectivity index (χ3v) is 3.60. The smallest absolute Gasteiger partial charge is 0.254 e. The van der Waals surface area contributed by atoms with Gasteiger partial charge >= 0.3 is 0 Å². The van der Waals surface area contributed by atoms with E-state index in [2.05, 4.69) is 0 Å². The summed E-state index contributed by atoms with van der Waals surface area (Å²) < 4.78 is 5.34. The Kier molecular flexibility index (Phi) is 3.22. The molecule has 4 heteroatoms. The minimum absolute atomic E-state index is 0.00130. The largest absolute Gasteiger partial charge is 0.508 e. The van der Waals surface area contributed by atoms with Crippen molar-refractivity contribution in [1.82, 2.24) is 4.90 Å². The fraction of sp³-hybridized carbons (Fsp3) is 0.312. The molecule has 1 amide bonds. The van der Waals surface area contributed by atoms with Crippen molar-refractivity contribution in [3.05, 3.63) is 53.5 Å². The molecule has 0 atom stereocenters. The van der Waals surface area contributed by atoms with E-state index in [9.17, 15) is 9.90 Å². The Balaban J connectivity index is 1.85. The molecule has 0 spiro atoms. The molecule has 1 aliphatic rings. The van der Waals surface area contributed by atoms with Crippen molar-refractivity contribution in [3.63, 3.8) is 0 Å². The van der Waals surface area contributed by atoms with Crippen LogP contribution in [0, 0.1) is 6.92 Å². The quantitative estimate of drug-likeness (QED) is 0.929. The van der Waals surface area contributed by atoms with Gasteiger partial charge in [0.2, 0.25) is 0 Å². The van der Waals surface area contributed by atoms with E-state index in [0.717, 1.165) is 24.2 Å². The molecule has 3 rings (SSSR count). The normalized spacial score (nSPS) is 14.2. The minimum atomic E-state index is 0.00130. The van der Waals surface area contributed by atoms with E-state index in [-0.39, 0.29) is 11.7 Å². The van der Waals surface area contributed by atoms with Gasteiger partial charge in [0, 0.05) is 11.6 Å². The minimum Gasteiger partial charge on any atom is -0.508 e. The second-order valence-corrected chi connectivity index (χ2v) is 5.24. The molecule has 0 aliphatic heterocycles. The summed E-state index contributed by atoms with van der Waals surface area (Å²) in [6, 6.07) is 8.87. The maximum Gasteiger partial charge on any atom is 0.254 e. The van der Waals surface area contributed by atoms with Gasteiger partial charge in [0.25, 0.3) is 5.91 Å². The summed E-state index contributed by atoms with van der Waals surface area (Å²) in [7, 11) is 0. The second kappa shape index (κ2) is 5.04. The first-order valence-corrected chi connectivity index (χ1v) is 6.78. The second-order valence-electron chi connectivity index (χ2n) is 5.24. The van der Waals surface area contributed by atoms with E-state index < -0.39 is 0 Å². The van der Waals surface area contributed by atoms with Crippen molar-refractivity contribution in [1.29, 1.82) is 0 Å². The lowest BCUT2D eigenvalue weighted by molar-refractivity contribution is 0.0717. The van der Waals surface area contributed by atoms with E-state index >= 15 is 0 Å². The molecule has 1 heterocycles. The van der Waals surface area contributed by atoms with Crippen molar-refractivity contribution in [3.8, 4) is 5.75 Å². The molecular weight excluding hydrogens is 254 g/mol. The summed E-state index contributed by atoms with van der Waals surface area (Å²) in [4.78, 5) is 14.5. The first kappa shape index (κ1) is 12.8. The highest BCUT2D eigenvalue weighted by molar-refractivity contribution is 5.96. The molecule has 4 nitrogen and oxygen atoms in total. The zero-order valence-electron chi connectivity index (χ0n) is 11.4. The first-order chi connectivity index (χ1) is 9.65. The van der Waals surface area contributed by atoms with Crippen LogP contribution in [0.3, 0.4) is 0 Å². The van der Waals surface area contributed by atoms with Gasteiger partial charge in [-0.15, -0.1) is 0 Å². The molecule has 20 heavy (non-hydrogen) atoms. The number of aryl methyl sites for hydroxylation is 1. The van der Waals surface area contributed by atoms with Crippen LogP contribution in [-0.4, -0.2) is 22.0 Å². The SMILES string of the molecule is Cc1cc(O)ccc1C(=O)N(Cc1ccco1)C1CC1. The first-order valence-electron chi connectivity index (χ1n) is 6.78. The fourth-order valence-electron chi connectivity index (χ4n) is 2.37. The van der Waals surface area contributed by atoms with Crippen molar-refractivity contribution >= 4 is 5.91 Å². The number of nitrogens with zero attached hydrogens (tertiary/aromatic N) is 1. The van der Waals surface area contributed by atoms with Gasteiger partial charge in [0.05, 0.1) is 12.8 Å². The number of carbonyl (C=O) groups excluding carboxylic acids is 1. The fourth-order valence-corrected chi connectivity index (χ4v) is 2.37. The van der Waals surface area contributed by atoms with Crippen molar-refractivity contribution in [2.45, 2.75) is 32.4 Å². The molecule has 1 fully saturated rings. The van der Waals surface area contributed by atoms with E-state index in [0.29, 0.717) is 18.2 Å². The highest BCUT2D eigenvalue weighted by Crippen LogP contribution is 2.30. The third kappa shape index (κ3) is 2.54. The number of carbonyl (C=O) groups is 1. The molecule has 1 aromatic carbocycles. The number of amides is 1. The van der Waals surface area contributed by atoms with E-state index in [1.807, 2.05) is 24.0 Å². The van der Waals surface area contributed by atoms with Crippen LogP contribution >= 0.6 is 0 Å². The predicted molar refractivity (Wildman–Crippen MR) is 74.4 cm³/mol. The lowest BCUT2D eigenvalue weighted by Crippen LogP contribution is -2.32. The van der Waals surface area contributed by atoms with Gasteiger partial charge in [-0.05, 0) is 55.7 Å². The van der Waals surface area contributed by atoms with Gasteiger partial charge in [0.15, 0.2) is 0 Å². The topological polar surface area (TPSA) is 53.7 Å². The van der Waals surface area contributed by atoms with Crippen LogP contribution in [0.15, 0.2) is 41.0 Å². The summed E-state index contributed by atoms with van der Waals surface area (Å²) >= 11 is 0. The van der Waals surface area contributed by atoms with Crippen LogP contribution in [0.1, 0.15) is 34.5 Å². The number of hydrogen-bond acceptors (Lipinski definition) is 3. The molecule has 1 aliphatic carbocycles. The van der Waals surface area contributed by atoms with Crippen molar-refractivity contribution in [2.75, 3.05) is 0 Å². The number of hydrogen-bond donors (Lipinski definition) is 1. The number of benzene rings is 1. The van der Waals surface area contributed by atoms with E-state index in [4.69, 9.17) is 4.42 Å². The van der Waals surface area contributed by atoms with Crippen LogP contribution in [0.25, 0.3) is 0 Å². The average molecular weight is 271 g/mol. The molecule has 104 valence electrons. The number of phenols is 1. The van der Waals surface area contributed by atoms with Crippen LogP contribution < -0.4 is 0 Å². The number of rotatable bonds is 4. The summed E-state index contributed by atoms with van der Waals surface area (Å²) in [6.07, 6.45) is 3.71. The molecule has 1 saturated carbocycles. The Morgan fingerprint density at radius 2 is 2.20 bits per heavy atom. The van der Waals surface area contributed by atoms with Crippen LogP contribution in [-0.2, 0) is 6.54 Å². The molecular formula is C16H17NO3. The average Bonchev–Trinajstić information content (AvgIpc) is 3.12. The molecule has 0 bridgehead atoms. The van der Waals surface area contributed by atoms with Crippen LogP contribution in [0.4, 0.5) is 0 Å². The van der Waals surface area contributed by atoms with E-state index in [1.165, 1.54) is 0 Å². The maximum absolute atomic E-state index is 12.7. The van der Waals surface area contributed by atoms with Gasteiger partial charge < -0.3 is 14.4 Å². The lowest BCUT2D eigenvalue weighted by Gasteiger charge is -2.22. The number of phenolic OH excluding ortho intramolecular Hbond substituents is 1. The summed E-state index contributed by atoms with van der Waals surface area (Å²) in [6.45, 7) is 2.34. The zero-order valence-corrected chi connectivity index (χ0v) is 11.4. The Morgan fingerprint density at radius 1 is 1.40 bits per heavy atom. The number of aromatic hydroxyl groups is 1. The van der Waals surface area contributed by atoms with Gasteiger partial charge in [-0.1, -0.05) is 0 Å². The molecule has 2 aromatic rings. The third-order valence-electron chi connectivity index (χ3n) is 3.60. The Hall–Kier alpha value is -2.23. The molecule has 0 saturated heterocycles. The Morgan fingerprint density at radius 3 is 2.80 bits per heavy atom. The number of furan rings is 1. The van der Waals surface area contributed by atoms with Gasteiger partial charge in [0.1, 0.15) is 11.5 Å². The monoisotopic (exact) mass is 271 g/mol. The van der Waals surface area contributed by atoms with Gasteiger partial charge in [-0.3, -0.25) is 4.79 Å². The van der Waals surface area contributed by atoms with Crippen LogP contribution in [0.2, 0.25) is 0 Å². The van der Waals surface area contributed by atoms with Crippen LogP contribution in [0.5, 0.6) is 5.75 Å². The molecule has 0 unspecified atom stereocenters. The summed E-state index contributed by atoms with van der Waals surface area (Å²) in [5, 5.41) is 9.45. The van der Waals surface area contributed by atoms with E-state index in [1.54, 1.807) is 24.5 Å². The maximum atomic E-state index is 12.7. The Bertz CT molecular complexity index is 615. The highest BCUT2D eigenvalue weighted by atomic mass is 16.3. The standard InChI is InChI=1S/C16H17NO3/c1-11-9-13(18)6-7-15(11)16(19)17(12-4-5-12)10-14-3-2-8-20-14/h2-3,6-9,12,18H,4-5,10H2,1H3. The summed E-state index contributed by atoms with van der Waals surface area (Å²) in [5.74, 6) is 0.978. The predicted octanol–water partition coefficient (Wildman–Crippen LogP) is 3.10. The molecule has 1 aromatic heterocycles. The van der Waals surface area contributed by atoms with Gasteiger partial charge in [-0.25, -0.2) is 0 Å². The van der Waals surface area contributed by atoms with Crippen molar-refractivity contribution in [2.24, 2.45) is 0 Å². The van der Waals surface area contributed by atoms with Gasteiger partial charge in [-0.2, -0.15) is 0 Å². The summed E-state index contributed by atoms with van der Waals surface area (Å²) in [5.41, 5.74) is 1.43. The van der Waals surface area contributed by atoms with Crippen molar-refractivity contribution < 1.29 is 14.3 Å². The molecule has 0 radical (unpaired) electrons. The zero-order chi connectivity index (χ0) is 14.1. The Labute approximate surface area is 117 Å². The molecule has 1 N–H and O–H groups in total. The highest BCUT2D eigenvalue weighted by Gasteiger charge is 2.34.